The molecule has 4 nitrogen and oxygen atoms in total. The maximum atomic E-state index is 12.3. The fourth-order valence-corrected chi connectivity index (χ4v) is 2.98. The van der Waals surface area contributed by atoms with Gasteiger partial charge in [-0.05, 0) is 44.4 Å². The van der Waals surface area contributed by atoms with Crippen LogP contribution in [0.1, 0.15) is 42.6 Å². The molecule has 0 aromatic heterocycles. The van der Waals surface area contributed by atoms with Gasteiger partial charge in [-0.2, -0.15) is 0 Å². The van der Waals surface area contributed by atoms with Gasteiger partial charge in [-0.25, -0.2) is 0 Å². The summed E-state index contributed by atoms with van der Waals surface area (Å²) < 4.78 is 5.96. The third-order valence-corrected chi connectivity index (χ3v) is 3.99. The first-order valence-corrected chi connectivity index (χ1v) is 6.80. The molecule has 1 fully saturated rings. The van der Waals surface area contributed by atoms with E-state index in [0.717, 1.165) is 24.0 Å². The standard InChI is InChI=1S/C15H20N2O2/c1-15(2)6-5-12(19-15)9-17-8-10-3-4-11(16)7-13(10)14(17)18/h3-4,7,12H,5-6,8-9,16H2,1-2H3. The Labute approximate surface area is 113 Å². The molecule has 1 amide bonds. The largest absolute Gasteiger partial charge is 0.399 e. The fourth-order valence-electron chi connectivity index (χ4n) is 2.98. The van der Waals surface area contributed by atoms with Crippen molar-refractivity contribution in [1.82, 2.24) is 4.90 Å². The maximum absolute atomic E-state index is 12.3. The summed E-state index contributed by atoms with van der Waals surface area (Å²) in [5.74, 6) is 0.0793. The number of rotatable bonds is 2. The first-order chi connectivity index (χ1) is 8.94. The Morgan fingerprint density at radius 2 is 2.26 bits per heavy atom. The molecule has 4 heteroatoms. The van der Waals surface area contributed by atoms with Gasteiger partial charge in [0.1, 0.15) is 0 Å². The van der Waals surface area contributed by atoms with Gasteiger partial charge in [0.2, 0.25) is 0 Å². The lowest BCUT2D eigenvalue weighted by molar-refractivity contribution is -0.0264. The monoisotopic (exact) mass is 260 g/mol. The smallest absolute Gasteiger partial charge is 0.254 e. The molecule has 1 atom stereocenters. The summed E-state index contributed by atoms with van der Waals surface area (Å²) in [5, 5.41) is 0. The molecule has 0 spiro atoms. The van der Waals surface area contributed by atoms with Gasteiger partial charge in [-0.15, -0.1) is 0 Å². The molecule has 19 heavy (non-hydrogen) atoms. The minimum absolute atomic E-state index is 0.0509. The van der Waals surface area contributed by atoms with E-state index in [1.54, 1.807) is 6.07 Å². The Morgan fingerprint density at radius 1 is 1.47 bits per heavy atom. The summed E-state index contributed by atoms with van der Waals surface area (Å²) in [6.45, 7) is 5.56. The topological polar surface area (TPSA) is 55.6 Å². The second-order valence-corrected chi connectivity index (χ2v) is 6.14. The summed E-state index contributed by atoms with van der Waals surface area (Å²) >= 11 is 0. The molecule has 2 heterocycles. The van der Waals surface area contributed by atoms with Crippen LogP contribution in [0, 0.1) is 0 Å². The van der Waals surface area contributed by atoms with Crippen molar-refractivity contribution in [2.45, 2.75) is 44.9 Å². The van der Waals surface area contributed by atoms with Gasteiger partial charge in [0.25, 0.3) is 5.91 Å². The zero-order chi connectivity index (χ0) is 13.6. The highest BCUT2D eigenvalue weighted by atomic mass is 16.5. The van der Waals surface area contributed by atoms with Crippen molar-refractivity contribution < 1.29 is 9.53 Å². The average Bonchev–Trinajstić information content (AvgIpc) is 2.82. The van der Waals surface area contributed by atoms with Gasteiger partial charge in [-0.3, -0.25) is 4.79 Å². The van der Waals surface area contributed by atoms with E-state index in [4.69, 9.17) is 10.5 Å². The molecule has 1 aromatic carbocycles. The molecule has 0 radical (unpaired) electrons. The zero-order valence-corrected chi connectivity index (χ0v) is 11.5. The molecule has 0 saturated carbocycles. The van der Waals surface area contributed by atoms with E-state index in [-0.39, 0.29) is 17.6 Å². The van der Waals surface area contributed by atoms with Crippen LogP contribution in [0.4, 0.5) is 5.69 Å². The number of benzene rings is 1. The van der Waals surface area contributed by atoms with Crippen LogP contribution < -0.4 is 5.73 Å². The van der Waals surface area contributed by atoms with Crippen molar-refractivity contribution in [3.63, 3.8) is 0 Å². The normalized spacial score (nSPS) is 24.8. The van der Waals surface area contributed by atoms with E-state index in [1.165, 1.54) is 0 Å². The Morgan fingerprint density at radius 3 is 2.95 bits per heavy atom. The maximum Gasteiger partial charge on any atom is 0.254 e. The molecule has 1 unspecified atom stereocenters. The van der Waals surface area contributed by atoms with E-state index < -0.39 is 0 Å². The number of hydrogen-bond donors (Lipinski definition) is 1. The first kappa shape index (κ1) is 12.5. The van der Waals surface area contributed by atoms with Gasteiger partial charge in [0.15, 0.2) is 0 Å². The average molecular weight is 260 g/mol. The molecule has 0 bridgehead atoms. The molecular formula is C15H20N2O2. The molecule has 2 aliphatic heterocycles. The quantitative estimate of drug-likeness (QED) is 0.829. The van der Waals surface area contributed by atoms with Crippen LogP contribution in [-0.2, 0) is 11.3 Å². The highest BCUT2D eigenvalue weighted by molar-refractivity contribution is 5.99. The minimum atomic E-state index is -0.0509. The van der Waals surface area contributed by atoms with Crippen molar-refractivity contribution in [3.8, 4) is 0 Å². The summed E-state index contributed by atoms with van der Waals surface area (Å²) in [6.07, 6.45) is 2.24. The lowest BCUT2D eigenvalue weighted by atomic mass is 10.1. The number of carbonyl (C=O) groups excluding carboxylic acids is 1. The van der Waals surface area contributed by atoms with Crippen molar-refractivity contribution in [1.29, 1.82) is 0 Å². The molecule has 1 saturated heterocycles. The number of nitrogens with two attached hydrogens (primary N) is 1. The molecule has 0 aliphatic carbocycles. The molecule has 1 aromatic rings. The Bertz CT molecular complexity index is 525. The van der Waals surface area contributed by atoms with Gasteiger partial charge >= 0.3 is 0 Å². The number of nitrogen functional groups attached to an aromatic ring is 1. The van der Waals surface area contributed by atoms with Gasteiger partial charge in [-0.1, -0.05) is 6.07 Å². The van der Waals surface area contributed by atoms with Crippen LogP contribution in [0.25, 0.3) is 0 Å². The number of ether oxygens (including phenoxy) is 1. The van der Waals surface area contributed by atoms with E-state index >= 15 is 0 Å². The molecule has 2 aliphatic rings. The number of nitrogens with zero attached hydrogens (tertiary/aromatic N) is 1. The number of carbonyl (C=O) groups is 1. The predicted molar refractivity (Wildman–Crippen MR) is 73.8 cm³/mol. The predicted octanol–water partition coefficient (Wildman–Crippen LogP) is 2.18. The van der Waals surface area contributed by atoms with Crippen LogP contribution in [0.5, 0.6) is 0 Å². The highest BCUT2D eigenvalue weighted by Crippen LogP contribution is 2.32. The second kappa shape index (κ2) is 4.23. The van der Waals surface area contributed by atoms with E-state index in [9.17, 15) is 4.79 Å². The first-order valence-electron chi connectivity index (χ1n) is 6.80. The van der Waals surface area contributed by atoms with Crippen LogP contribution >= 0.6 is 0 Å². The molecule has 3 rings (SSSR count). The fraction of sp³-hybridized carbons (Fsp3) is 0.533. The van der Waals surface area contributed by atoms with Crippen LogP contribution in [0.2, 0.25) is 0 Å². The van der Waals surface area contributed by atoms with Crippen molar-refractivity contribution >= 4 is 11.6 Å². The second-order valence-electron chi connectivity index (χ2n) is 6.14. The van der Waals surface area contributed by atoms with Crippen molar-refractivity contribution in [2.75, 3.05) is 12.3 Å². The van der Waals surface area contributed by atoms with Gasteiger partial charge < -0.3 is 15.4 Å². The van der Waals surface area contributed by atoms with Crippen LogP contribution in [0.3, 0.4) is 0 Å². The molecular weight excluding hydrogens is 240 g/mol. The Kier molecular flexibility index (Phi) is 2.78. The van der Waals surface area contributed by atoms with E-state index in [0.29, 0.717) is 18.8 Å². The van der Waals surface area contributed by atoms with Crippen molar-refractivity contribution in [2.24, 2.45) is 0 Å². The minimum Gasteiger partial charge on any atom is -0.399 e. The lowest BCUT2D eigenvalue weighted by Gasteiger charge is -2.23. The van der Waals surface area contributed by atoms with Crippen molar-refractivity contribution in [3.05, 3.63) is 29.3 Å². The number of anilines is 1. The Balaban J connectivity index is 1.71. The summed E-state index contributed by atoms with van der Waals surface area (Å²) in [4.78, 5) is 14.2. The van der Waals surface area contributed by atoms with Gasteiger partial charge in [0.05, 0.1) is 11.7 Å². The molecule has 102 valence electrons. The SMILES string of the molecule is CC1(C)CCC(CN2Cc3ccc(N)cc3C2=O)O1. The zero-order valence-electron chi connectivity index (χ0n) is 11.5. The Hall–Kier alpha value is -1.55. The van der Waals surface area contributed by atoms with E-state index in [1.807, 2.05) is 17.0 Å². The highest BCUT2D eigenvalue weighted by Gasteiger charge is 2.35. The third kappa shape index (κ3) is 2.32. The van der Waals surface area contributed by atoms with E-state index in [2.05, 4.69) is 13.8 Å². The summed E-state index contributed by atoms with van der Waals surface area (Å²) in [6, 6.07) is 5.57. The molecule has 2 N–H and O–H groups in total. The van der Waals surface area contributed by atoms with Gasteiger partial charge in [0, 0.05) is 24.3 Å². The number of hydrogen-bond acceptors (Lipinski definition) is 3. The summed E-state index contributed by atoms with van der Waals surface area (Å²) in [7, 11) is 0. The third-order valence-electron chi connectivity index (χ3n) is 3.99. The van der Waals surface area contributed by atoms with Crippen LogP contribution in [-0.4, -0.2) is 29.1 Å². The number of fused-ring (bicyclic) bond motifs is 1. The number of amides is 1. The lowest BCUT2D eigenvalue weighted by Crippen LogP contribution is -2.34. The summed E-state index contributed by atoms with van der Waals surface area (Å²) in [5.41, 5.74) is 8.15. The van der Waals surface area contributed by atoms with Crippen LogP contribution in [0.15, 0.2) is 18.2 Å².